The molecule has 1 aliphatic heterocycles. The SMILES string of the molecule is [C-]#[N+]C1=C(/C=C/c2ccc(/C=C/c3ccc(N(CCCC)CCCC)cc3OCc3ccc(OC)cc3)s2)C(C)(c2ccccc2)O/C1=C(\C)C#N. The highest BCUT2D eigenvalue weighted by Gasteiger charge is 2.43. The molecule has 266 valence electrons. The number of allylic oxidation sites excluding steroid dienone is 1. The molecule has 1 aliphatic rings. The van der Waals surface area contributed by atoms with E-state index in [2.05, 4.69) is 72.1 Å². The molecule has 0 N–H and O–H groups in total. The van der Waals surface area contributed by atoms with Crippen molar-refractivity contribution in [2.24, 2.45) is 0 Å². The molecule has 0 spiro atoms. The Morgan fingerprint density at radius 2 is 1.60 bits per heavy atom. The number of anilines is 1. The number of nitriles is 1. The predicted octanol–water partition coefficient (Wildman–Crippen LogP) is 11.8. The summed E-state index contributed by atoms with van der Waals surface area (Å²) in [6.07, 6.45) is 12.8. The van der Waals surface area contributed by atoms with E-state index in [4.69, 9.17) is 20.8 Å². The maximum atomic E-state index is 9.65. The van der Waals surface area contributed by atoms with Crippen molar-refractivity contribution in [1.82, 2.24) is 0 Å². The minimum atomic E-state index is -0.901. The first-order valence-electron chi connectivity index (χ1n) is 17.9. The lowest BCUT2D eigenvalue weighted by molar-refractivity contribution is 0.0750. The molecule has 0 aliphatic carbocycles. The molecule has 0 radical (unpaired) electrons. The maximum absolute atomic E-state index is 9.65. The van der Waals surface area contributed by atoms with Crippen LogP contribution in [0.5, 0.6) is 11.5 Å². The van der Waals surface area contributed by atoms with Crippen molar-refractivity contribution in [3.63, 3.8) is 0 Å². The Bertz CT molecular complexity index is 2020. The van der Waals surface area contributed by atoms with E-state index in [1.165, 1.54) is 5.69 Å². The summed E-state index contributed by atoms with van der Waals surface area (Å²) in [4.78, 5) is 8.44. The Hall–Kier alpha value is -5.50. The van der Waals surface area contributed by atoms with Crippen molar-refractivity contribution in [3.8, 4) is 17.6 Å². The van der Waals surface area contributed by atoms with Crippen LogP contribution < -0.4 is 14.4 Å². The van der Waals surface area contributed by atoms with E-state index in [9.17, 15) is 5.26 Å². The molecule has 7 heteroatoms. The third-order valence-corrected chi connectivity index (χ3v) is 10.2. The molecule has 1 aromatic heterocycles. The molecule has 0 saturated carbocycles. The van der Waals surface area contributed by atoms with Crippen molar-refractivity contribution in [1.29, 1.82) is 5.26 Å². The number of hydrogen-bond acceptors (Lipinski definition) is 6. The number of hydrogen-bond donors (Lipinski definition) is 0. The highest BCUT2D eigenvalue weighted by Crippen LogP contribution is 2.48. The zero-order chi connectivity index (χ0) is 36.9. The number of benzene rings is 3. The molecule has 4 aromatic rings. The van der Waals surface area contributed by atoms with E-state index in [-0.39, 0.29) is 0 Å². The van der Waals surface area contributed by atoms with E-state index < -0.39 is 5.60 Å². The van der Waals surface area contributed by atoms with Crippen LogP contribution in [0.4, 0.5) is 5.69 Å². The van der Waals surface area contributed by atoms with Crippen molar-refractivity contribution in [3.05, 3.63) is 151 Å². The smallest absolute Gasteiger partial charge is 0.236 e. The number of methoxy groups -OCH3 is 1. The molecule has 0 amide bonds. The van der Waals surface area contributed by atoms with Crippen molar-refractivity contribution < 1.29 is 14.2 Å². The molecule has 0 fully saturated rings. The van der Waals surface area contributed by atoms with Crippen LogP contribution in [0.2, 0.25) is 0 Å². The van der Waals surface area contributed by atoms with Gasteiger partial charge in [-0.25, -0.2) is 4.85 Å². The van der Waals surface area contributed by atoms with Gasteiger partial charge in [-0.05, 0) is 92.4 Å². The first-order valence-corrected chi connectivity index (χ1v) is 18.7. The van der Waals surface area contributed by atoms with Gasteiger partial charge in [0.1, 0.15) is 29.5 Å². The van der Waals surface area contributed by atoms with Gasteiger partial charge in [-0.1, -0.05) is 75.2 Å². The van der Waals surface area contributed by atoms with Crippen LogP contribution in [0.3, 0.4) is 0 Å². The van der Waals surface area contributed by atoms with Crippen LogP contribution in [0, 0.1) is 17.9 Å². The van der Waals surface area contributed by atoms with Gasteiger partial charge in [-0.2, -0.15) is 5.26 Å². The largest absolute Gasteiger partial charge is 0.497 e. The second-order valence-corrected chi connectivity index (χ2v) is 14.0. The Morgan fingerprint density at radius 1 is 0.923 bits per heavy atom. The van der Waals surface area contributed by atoms with E-state index in [0.29, 0.717) is 23.6 Å². The fourth-order valence-electron chi connectivity index (χ4n) is 6.10. The lowest BCUT2D eigenvalue weighted by Crippen LogP contribution is -2.25. The molecule has 2 heterocycles. The minimum Gasteiger partial charge on any atom is -0.497 e. The van der Waals surface area contributed by atoms with Crippen LogP contribution in [0.25, 0.3) is 23.1 Å². The van der Waals surface area contributed by atoms with Gasteiger partial charge < -0.3 is 19.1 Å². The molecule has 52 heavy (non-hydrogen) atoms. The summed E-state index contributed by atoms with van der Waals surface area (Å²) in [7, 11) is 1.67. The van der Waals surface area contributed by atoms with Gasteiger partial charge in [0, 0.05) is 45.7 Å². The third-order valence-electron chi connectivity index (χ3n) is 9.20. The molecule has 0 bridgehead atoms. The standard InChI is InChI=1S/C45H47N3O3S/c1-7-9-28-48(29-10-8-2)37-20-18-35(42(30-37)50-32-34-16-21-38(49-6)22-17-34)19-23-39-24-25-40(52-39)26-27-41-43(47-5)44(33(3)31-46)51-45(41,4)36-14-12-11-13-15-36/h11-27,30H,7-10,28-29,32H2,1-4,6H3/b23-19+,27-26+,44-33+. The van der Waals surface area contributed by atoms with Gasteiger partial charge in [0.05, 0.1) is 25.3 Å². The number of unbranched alkanes of at least 4 members (excludes halogenated alkanes) is 2. The number of ether oxygens (including phenoxy) is 3. The van der Waals surface area contributed by atoms with Gasteiger partial charge in [-0.3, -0.25) is 0 Å². The maximum Gasteiger partial charge on any atom is 0.236 e. The second kappa shape index (κ2) is 18.1. The zero-order valence-corrected chi connectivity index (χ0v) is 31.6. The van der Waals surface area contributed by atoms with E-state index in [1.54, 1.807) is 25.4 Å². The van der Waals surface area contributed by atoms with Crippen molar-refractivity contribution in [2.75, 3.05) is 25.1 Å². The summed E-state index contributed by atoms with van der Waals surface area (Å²) in [5, 5.41) is 9.65. The fraction of sp³-hybridized carbons (Fsp3) is 0.289. The quantitative estimate of drug-likeness (QED) is 0.0856. The number of rotatable bonds is 16. The molecular formula is C45H47N3O3S. The van der Waals surface area contributed by atoms with Crippen molar-refractivity contribution >= 4 is 35.3 Å². The average Bonchev–Trinajstić information content (AvgIpc) is 3.77. The van der Waals surface area contributed by atoms with Crippen LogP contribution in [-0.2, 0) is 16.9 Å². The third kappa shape index (κ3) is 9.04. The lowest BCUT2D eigenvalue weighted by Gasteiger charge is -2.28. The topological polar surface area (TPSA) is 59.1 Å². The highest BCUT2D eigenvalue weighted by molar-refractivity contribution is 7.13. The summed E-state index contributed by atoms with van der Waals surface area (Å²) in [5.41, 5.74) is 4.76. The van der Waals surface area contributed by atoms with Gasteiger partial charge >= 0.3 is 0 Å². The van der Waals surface area contributed by atoms with Crippen LogP contribution in [0.15, 0.2) is 114 Å². The first kappa shape index (κ1) is 37.7. The Morgan fingerprint density at radius 3 is 2.21 bits per heavy atom. The van der Waals surface area contributed by atoms with E-state index in [0.717, 1.165) is 82.3 Å². The van der Waals surface area contributed by atoms with Gasteiger partial charge in [0.2, 0.25) is 5.70 Å². The minimum absolute atomic E-state index is 0.341. The highest BCUT2D eigenvalue weighted by atomic mass is 32.1. The number of thiophene rings is 1. The van der Waals surface area contributed by atoms with Crippen molar-refractivity contribution in [2.45, 2.75) is 65.6 Å². The monoisotopic (exact) mass is 709 g/mol. The number of nitrogens with zero attached hydrogens (tertiary/aromatic N) is 3. The Balaban J connectivity index is 1.42. The van der Waals surface area contributed by atoms with Crippen LogP contribution in [0.1, 0.15) is 79.8 Å². The summed E-state index contributed by atoms with van der Waals surface area (Å²) < 4.78 is 18.2. The zero-order valence-electron chi connectivity index (χ0n) is 30.8. The normalized spacial score (nSPS) is 16.5. The summed E-state index contributed by atoms with van der Waals surface area (Å²) in [5.74, 6) is 2.01. The average molecular weight is 710 g/mol. The van der Waals surface area contributed by atoms with Gasteiger partial charge in [0.15, 0.2) is 0 Å². The molecule has 3 aromatic carbocycles. The van der Waals surface area contributed by atoms with Gasteiger partial charge in [0.25, 0.3) is 0 Å². The second-order valence-electron chi connectivity index (χ2n) is 12.9. The molecular weight excluding hydrogens is 663 g/mol. The fourth-order valence-corrected chi connectivity index (χ4v) is 6.91. The predicted molar refractivity (Wildman–Crippen MR) is 215 cm³/mol. The molecule has 1 atom stereocenters. The molecule has 6 nitrogen and oxygen atoms in total. The van der Waals surface area contributed by atoms with E-state index >= 15 is 0 Å². The molecule has 1 unspecified atom stereocenters. The lowest BCUT2D eigenvalue weighted by atomic mass is 9.87. The van der Waals surface area contributed by atoms with Crippen LogP contribution >= 0.6 is 11.3 Å². The Kier molecular flexibility index (Phi) is 13.2. The Labute approximate surface area is 313 Å². The molecule has 0 saturated heterocycles. The summed E-state index contributed by atoms with van der Waals surface area (Å²) in [6, 6.07) is 30.7. The summed E-state index contributed by atoms with van der Waals surface area (Å²) >= 11 is 1.66. The van der Waals surface area contributed by atoms with Gasteiger partial charge in [-0.15, -0.1) is 11.3 Å². The summed E-state index contributed by atoms with van der Waals surface area (Å²) in [6.45, 7) is 18.6. The van der Waals surface area contributed by atoms with Crippen LogP contribution in [-0.4, -0.2) is 20.2 Å². The first-order chi connectivity index (χ1) is 25.3. The van der Waals surface area contributed by atoms with E-state index in [1.807, 2.05) is 73.7 Å². The molecule has 5 rings (SSSR count).